The standard InChI is InChI=1S/C16H14F4N2O2S/c17-11-6-9(4-5-13(11)24-16(18,19)20)7-21-15(23)10-2-1-3-12-14(10)25-8-22-12/h4-6,8,10H,1-3,7H2,(H,21,23). The fourth-order valence-corrected chi connectivity index (χ4v) is 3.75. The third-order valence-corrected chi connectivity index (χ3v) is 4.89. The smallest absolute Gasteiger partial charge is 0.403 e. The van der Waals surface area contributed by atoms with Gasteiger partial charge in [0.05, 0.1) is 17.1 Å². The molecule has 1 aliphatic carbocycles. The number of fused-ring (bicyclic) bond motifs is 1. The third kappa shape index (κ3) is 4.28. The molecule has 1 unspecified atom stereocenters. The fraction of sp³-hybridized carbons (Fsp3) is 0.375. The summed E-state index contributed by atoms with van der Waals surface area (Å²) < 4.78 is 53.6. The van der Waals surface area contributed by atoms with Gasteiger partial charge in [-0.1, -0.05) is 6.07 Å². The van der Waals surface area contributed by atoms with Gasteiger partial charge in [-0.25, -0.2) is 9.37 Å². The van der Waals surface area contributed by atoms with Gasteiger partial charge in [0.25, 0.3) is 0 Å². The van der Waals surface area contributed by atoms with Crippen LogP contribution in [-0.2, 0) is 17.8 Å². The number of thiazole rings is 1. The molecule has 9 heteroatoms. The van der Waals surface area contributed by atoms with Crippen molar-refractivity contribution in [1.82, 2.24) is 10.3 Å². The largest absolute Gasteiger partial charge is 0.573 e. The molecule has 1 aliphatic rings. The van der Waals surface area contributed by atoms with E-state index in [1.807, 2.05) is 0 Å². The van der Waals surface area contributed by atoms with Crippen molar-refractivity contribution in [2.45, 2.75) is 38.1 Å². The molecule has 2 aromatic rings. The highest BCUT2D eigenvalue weighted by atomic mass is 32.1. The number of hydrogen-bond donors (Lipinski definition) is 1. The first kappa shape index (κ1) is 17.7. The molecule has 0 aliphatic heterocycles. The molecule has 0 saturated heterocycles. The van der Waals surface area contributed by atoms with Crippen LogP contribution in [0.1, 0.15) is 34.9 Å². The van der Waals surface area contributed by atoms with Crippen LogP contribution in [0, 0.1) is 5.82 Å². The van der Waals surface area contributed by atoms with Crippen LogP contribution in [0.5, 0.6) is 5.75 Å². The molecule has 1 atom stereocenters. The lowest BCUT2D eigenvalue weighted by molar-refractivity contribution is -0.275. The van der Waals surface area contributed by atoms with Gasteiger partial charge in [0.1, 0.15) is 0 Å². The third-order valence-electron chi connectivity index (χ3n) is 3.90. The van der Waals surface area contributed by atoms with E-state index in [2.05, 4.69) is 15.0 Å². The molecule has 1 aromatic heterocycles. The van der Waals surface area contributed by atoms with Crippen molar-refractivity contribution in [3.8, 4) is 5.75 Å². The number of benzene rings is 1. The Morgan fingerprint density at radius 2 is 2.20 bits per heavy atom. The van der Waals surface area contributed by atoms with Crippen molar-refractivity contribution in [1.29, 1.82) is 0 Å². The number of hydrogen-bond acceptors (Lipinski definition) is 4. The Bertz CT molecular complexity index is 776. The monoisotopic (exact) mass is 374 g/mol. The Kier molecular flexibility index (Phi) is 4.94. The van der Waals surface area contributed by atoms with Crippen molar-refractivity contribution in [3.05, 3.63) is 45.7 Å². The summed E-state index contributed by atoms with van der Waals surface area (Å²) in [5, 5.41) is 2.70. The van der Waals surface area contributed by atoms with E-state index in [1.165, 1.54) is 17.4 Å². The van der Waals surface area contributed by atoms with Gasteiger partial charge in [-0.05, 0) is 37.0 Å². The van der Waals surface area contributed by atoms with Gasteiger partial charge in [-0.3, -0.25) is 4.79 Å². The summed E-state index contributed by atoms with van der Waals surface area (Å²) >= 11 is 1.44. The molecular weight excluding hydrogens is 360 g/mol. The fourth-order valence-electron chi connectivity index (χ4n) is 2.78. The number of amides is 1. The number of nitrogens with zero attached hydrogens (tertiary/aromatic N) is 1. The average molecular weight is 374 g/mol. The summed E-state index contributed by atoms with van der Waals surface area (Å²) in [7, 11) is 0. The molecule has 1 N–H and O–H groups in total. The average Bonchev–Trinajstić information content (AvgIpc) is 3.02. The molecule has 4 nitrogen and oxygen atoms in total. The quantitative estimate of drug-likeness (QED) is 0.826. The molecule has 134 valence electrons. The van der Waals surface area contributed by atoms with Crippen LogP contribution in [0.25, 0.3) is 0 Å². The number of rotatable bonds is 4. The second kappa shape index (κ2) is 6.99. The van der Waals surface area contributed by atoms with Crippen LogP contribution in [0.4, 0.5) is 17.6 Å². The molecule has 1 aromatic carbocycles. The lowest BCUT2D eigenvalue weighted by Crippen LogP contribution is -2.30. The van der Waals surface area contributed by atoms with Crippen LogP contribution >= 0.6 is 11.3 Å². The molecule has 1 amide bonds. The molecular formula is C16H14F4N2O2S. The Labute approximate surface area is 144 Å². The Balaban J connectivity index is 1.63. The van der Waals surface area contributed by atoms with Crippen LogP contribution in [0.15, 0.2) is 23.7 Å². The minimum absolute atomic E-state index is 0.0205. The van der Waals surface area contributed by atoms with Gasteiger partial charge < -0.3 is 10.1 Å². The van der Waals surface area contributed by atoms with Gasteiger partial charge in [0, 0.05) is 11.4 Å². The van der Waals surface area contributed by atoms with Crippen LogP contribution in [-0.4, -0.2) is 17.3 Å². The van der Waals surface area contributed by atoms with Gasteiger partial charge in [-0.2, -0.15) is 0 Å². The van der Waals surface area contributed by atoms with Crippen LogP contribution in [0.2, 0.25) is 0 Å². The lowest BCUT2D eigenvalue weighted by Gasteiger charge is -2.20. The summed E-state index contributed by atoms with van der Waals surface area (Å²) in [5.74, 6) is -2.51. The highest BCUT2D eigenvalue weighted by Crippen LogP contribution is 2.34. The van der Waals surface area contributed by atoms with Crippen molar-refractivity contribution in [2.24, 2.45) is 0 Å². The number of aryl methyl sites for hydroxylation is 1. The number of alkyl halides is 3. The second-order valence-electron chi connectivity index (χ2n) is 5.64. The van der Waals surface area contributed by atoms with E-state index in [4.69, 9.17) is 0 Å². The van der Waals surface area contributed by atoms with Gasteiger partial charge >= 0.3 is 6.36 Å². The zero-order valence-corrected chi connectivity index (χ0v) is 13.7. The Hall–Kier alpha value is -2.16. The maximum absolute atomic E-state index is 13.7. The highest BCUT2D eigenvalue weighted by Gasteiger charge is 2.32. The zero-order valence-electron chi connectivity index (χ0n) is 12.9. The van der Waals surface area contributed by atoms with E-state index in [0.717, 1.165) is 35.5 Å². The number of halogens is 4. The summed E-state index contributed by atoms with van der Waals surface area (Å²) in [5.41, 5.74) is 3.00. The summed E-state index contributed by atoms with van der Waals surface area (Å²) in [6.45, 7) is 0.0205. The number of ether oxygens (including phenoxy) is 1. The molecule has 1 heterocycles. The zero-order chi connectivity index (χ0) is 18.0. The van der Waals surface area contributed by atoms with Gasteiger partial charge in [0.2, 0.25) is 5.91 Å². The van der Waals surface area contributed by atoms with Crippen LogP contribution in [0.3, 0.4) is 0 Å². The van der Waals surface area contributed by atoms with Crippen molar-refractivity contribution < 1.29 is 27.1 Å². The van der Waals surface area contributed by atoms with Crippen molar-refractivity contribution in [3.63, 3.8) is 0 Å². The highest BCUT2D eigenvalue weighted by molar-refractivity contribution is 7.10. The maximum Gasteiger partial charge on any atom is 0.573 e. The second-order valence-corrected chi connectivity index (χ2v) is 6.52. The Morgan fingerprint density at radius 3 is 2.92 bits per heavy atom. The summed E-state index contributed by atoms with van der Waals surface area (Å²) in [6, 6.07) is 3.09. The van der Waals surface area contributed by atoms with Gasteiger partial charge in [0.15, 0.2) is 11.6 Å². The molecule has 0 fully saturated rings. The molecule has 25 heavy (non-hydrogen) atoms. The molecule has 3 rings (SSSR count). The van der Waals surface area contributed by atoms with Crippen molar-refractivity contribution >= 4 is 17.2 Å². The minimum Gasteiger partial charge on any atom is -0.403 e. The first-order chi connectivity index (χ1) is 11.8. The van der Waals surface area contributed by atoms with E-state index in [9.17, 15) is 22.4 Å². The first-order valence-corrected chi connectivity index (χ1v) is 8.45. The van der Waals surface area contributed by atoms with E-state index in [0.29, 0.717) is 12.0 Å². The molecule has 0 saturated carbocycles. The minimum atomic E-state index is -4.95. The molecule has 0 spiro atoms. The van der Waals surface area contributed by atoms with E-state index in [-0.39, 0.29) is 18.4 Å². The van der Waals surface area contributed by atoms with E-state index < -0.39 is 17.9 Å². The lowest BCUT2D eigenvalue weighted by atomic mass is 9.91. The first-order valence-electron chi connectivity index (χ1n) is 7.57. The predicted octanol–water partition coefficient (Wildman–Crippen LogP) is 3.92. The van der Waals surface area contributed by atoms with Crippen LogP contribution < -0.4 is 10.1 Å². The number of carbonyl (C=O) groups excluding carboxylic acids is 1. The number of nitrogens with one attached hydrogen (secondary N) is 1. The van der Waals surface area contributed by atoms with Gasteiger partial charge in [-0.15, -0.1) is 24.5 Å². The molecule has 0 radical (unpaired) electrons. The number of carbonyl (C=O) groups is 1. The SMILES string of the molecule is O=C(NCc1ccc(OC(F)(F)F)c(F)c1)C1CCCc2ncsc21. The normalized spacial score (nSPS) is 17.0. The Morgan fingerprint density at radius 1 is 1.40 bits per heavy atom. The summed E-state index contributed by atoms with van der Waals surface area (Å²) in [6.07, 6.45) is -2.51. The topological polar surface area (TPSA) is 51.2 Å². The number of aromatic nitrogens is 1. The predicted molar refractivity (Wildman–Crippen MR) is 82.7 cm³/mol. The van der Waals surface area contributed by atoms with E-state index in [1.54, 1.807) is 5.51 Å². The summed E-state index contributed by atoms with van der Waals surface area (Å²) in [4.78, 5) is 17.6. The molecule has 0 bridgehead atoms. The maximum atomic E-state index is 13.7. The van der Waals surface area contributed by atoms with E-state index >= 15 is 0 Å². The van der Waals surface area contributed by atoms with Crippen molar-refractivity contribution in [2.75, 3.05) is 0 Å².